The molecular formula is C6H6ClNO3S2. The van der Waals surface area contributed by atoms with Gasteiger partial charge in [-0.15, -0.1) is 0 Å². The number of aromatic nitrogens is 1. The summed E-state index contributed by atoms with van der Waals surface area (Å²) in [5, 5.41) is 0.164. The number of rotatable bonds is 2. The number of aryl methyl sites for hydroxylation is 1. The van der Waals surface area contributed by atoms with Crippen molar-refractivity contribution in [1.29, 1.82) is 0 Å². The average molecular weight is 240 g/mol. The average Bonchev–Trinajstić information content (AvgIpc) is 2.29. The molecule has 7 heteroatoms. The molecule has 72 valence electrons. The predicted octanol–water partition coefficient (Wildman–Crippen LogP) is 1.58. The smallest absolute Gasteiger partial charge is 0.272 e. The van der Waals surface area contributed by atoms with E-state index < -0.39 is 9.05 Å². The summed E-state index contributed by atoms with van der Waals surface area (Å²) in [4.78, 5) is 14.6. The fourth-order valence-electron chi connectivity index (χ4n) is 0.759. The van der Waals surface area contributed by atoms with E-state index in [0.717, 1.165) is 11.3 Å². The van der Waals surface area contributed by atoms with E-state index in [1.54, 1.807) is 0 Å². The van der Waals surface area contributed by atoms with Crippen LogP contribution in [-0.2, 0) is 9.05 Å². The van der Waals surface area contributed by atoms with E-state index in [1.165, 1.54) is 13.8 Å². The Balaban J connectivity index is 3.35. The van der Waals surface area contributed by atoms with Crippen molar-refractivity contribution in [1.82, 2.24) is 4.98 Å². The molecule has 0 bridgehead atoms. The molecule has 0 N–H and O–H groups in total. The second kappa shape index (κ2) is 3.36. The zero-order chi connectivity index (χ0) is 10.2. The van der Waals surface area contributed by atoms with Crippen molar-refractivity contribution in [3.05, 3.63) is 10.7 Å². The van der Waals surface area contributed by atoms with E-state index in [-0.39, 0.29) is 20.7 Å². The van der Waals surface area contributed by atoms with Crippen LogP contribution in [0.2, 0.25) is 0 Å². The van der Waals surface area contributed by atoms with Crippen LogP contribution in [-0.4, -0.2) is 19.2 Å². The van der Waals surface area contributed by atoms with E-state index >= 15 is 0 Å². The summed E-state index contributed by atoms with van der Waals surface area (Å²) < 4.78 is 21.8. The summed E-state index contributed by atoms with van der Waals surface area (Å²) in [6, 6.07) is 0. The molecule has 0 saturated heterocycles. The Morgan fingerprint density at radius 2 is 2.08 bits per heavy atom. The number of nitrogens with zero attached hydrogens (tertiary/aromatic N) is 1. The van der Waals surface area contributed by atoms with Gasteiger partial charge in [-0.05, 0) is 6.92 Å². The molecule has 0 aliphatic heterocycles. The van der Waals surface area contributed by atoms with Gasteiger partial charge in [-0.1, -0.05) is 11.3 Å². The SMILES string of the molecule is CC(=O)c1nc(C)c(S(=O)(=O)Cl)s1. The highest BCUT2D eigenvalue weighted by Gasteiger charge is 2.20. The van der Waals surface area contributed by atoms with Crippen LogP contribution in [0.25, 0.3) is 0 Å². The number of thiazole rings is 1. The first-order chi connectivity index (χ1) is 5.82. The molecule has 1 aromatic heterocycles. The Labute approximate surface area is 84.0 Å². The third-order valence-electron chi connectivity index (χ3n) is 1.28. The lowest BCUT2D eigenvalue weighted by atomic mass is 10.5. The largest absolute Gasteiger partial charge is 0.292 e. The quantitative estimate of drug-likeness (QED) is 0.581. The first-order valence-electron chi connectivity index (χ1n) is 3.25. The van der Waals surface area contributed by atoms with Crippen molar-refractivity contribution in [3.8, 4) is 0 Å². The molecule has 1 rings (SSSR count). The Hall–Kier alpha value is -0.460. The second-order valence-corrected chi connectivity index (χ2v) is 6.15. The number of halogens is 1. The number of carbonyl (C=O) groups is 1. The predicted molar refractivity (Wildman–Crippen MR) is 49.9 cm³/mol. The van der Waals surface area contributed by atoms with Crippen LogP contribution < -0.4 is 0 Å². The van der Waals surface area contributed by atoms with E-state index in [0.29, 0.717) is 0 Å². The highest BCUT2D eigenvalue weighted by atomic mass is 35.7. The highest BCUT2D eigenvalue weighted by Crippen LogP contribution is 2.26. The molecular weight excluding hydrogens is 234 g/mol. The minimum absolute atomic E-state index is 0.0561. The van der Waals surface area contributed by atoms with Crippen molar-refractivity contribution in [2.75, 3.05) is 0 Å². The molecule has 0 aliphatic rings. The van der Waals surface area contributed by atoms with Gasteiger partial charge in [0.05, 0.1) is 5.69 Å². The van der Waals surface area contributed by atoms with E-state index in [9.17, 15) is 13.2 Å². The number of hydrogen-bond donors (Lipinski definition) is 0. The maximum absolute atomic E-state index is 10.9. The number of ketones is 1. The molecule has 13 heavy (non-hydrogen) atoms. The monoisotopic (exact) mass is 239 g/mol. The third kappa shape index (κ3) is 2.26. The van der Waals surface area contributed by atoms with Crippen molar-refractivity contribution in [2.45, 2.75) is 18.1 Å². The van der Waals surface area contributed by atoms with Crippen LogP contribution in [0.3, 0.4) is 0 Å². The van der Waals surface area contributed by atoms with Gasteiger partial charge in [-0.3, -0.25) is 4.79 Å². The van der Waals surface area contributed by atoms with Crippen molar-refractivity contribution in [2.24, 2.45) is 0 Å². The Kier molecular flexibility index (Phi) is 2.74. The van der Waals surface area contributed by atoms with Gasteiger partial charge in [0.25, 0.3) is 9.05 Å². The van der Waals surface area contributed by atoms with E-state index in [2.05, 4.69) is 4.98 Å². The van der Waals surface area contributed by atoms with Crippen LogP contribution >= 0.6 is 22.0 Å². The molecule has 0 radical (unpaired) electrons. The number of Topliss-reactive ketones (excluding diaryl/α,β-unsaturated/α-hetero) is 1. The van der Waals surface area contributed by atoms with Gasteiger partial charge in [0.2, 0.25) is 0 Å². The number of hydrogen-bond acceptors (Lipinski definition) is 5. The summed E-state index contributed by atoms with van der Waals surface area (Å²) in [5.74, 6) is -0.264. The first-order valence-corrected chi connectivity index (χ1v) is 6.38. The maximum atomic E-state index is 10.9. The standard InChI is InChI=1S/C6H6ClNO3S2/c1-3-6(13(7,10)11)12-5(8-3)4(2)9/h1-2H3. The van der Waals surface area contributed by atoms with Gasteiger partial charge in [-0.2, -0.15) is 0 Å². The molecule has 4 nitrogen and oxygen atoms in total. The van der Waals surface area contributed by atoms with Crippen molar-refractivity contribution < 1.29 is 13.2 Å². The zero-order valence-corrected chi connectivity index (χ0v) is 9.26. The fourth-order valence-corrected chi connectivity index (χ4v) is 3.11. The fraction of sp³-hybridized carbons (Fsp3) is 0.333. The lowest BCUT2D eigenvalue weighted by molar-refractivity contribution is 0.101. The number of carbonyl (C=O) groups excluding carboxylic acids is 1. The molecule has 0 saturated carbocycles. The summed E-state index contributed by atoms with van der Waals surface area (Å²) in [6.45, 7) is 2.82. The second-order valence-electron chi connectivity index (χ2n) is 2.39. The molecule has 0 unspecified atom stereocenters. The van der Waals surface area contributed by atoms with Gasteiger partial charge in [0, 0.05) is 17.6 Å². The van der Waals surface area contributed by atoms with Crippen LogP contribution in [0.4, 0.5) is 0 Å². The molecule has 0 aromatic carbocycles. The third-order valence-corrected chi connectivity index (χ3v) is 4.71. The van der Waals surface area contributed by atoms with E-state index in [4.69, 9.17) is 10.7 Å². The molecule has 1 heterocycles. The molecule has 0 amide bonds. The molecule has 0 aliphatic carbocycles. The van der Waals surface area contributed by atoms with Crippen molar-refractivity contribution >= 4 is 36.9 Å². The summed E-state index contributed by atoms with van der Waals surface area (Å²) in [5.41, 5.74) is 0.269. The molecule has 0 atom stereocenters. The Bertz CT molecular complexity index is 448. The highest BCUT2D eigenvalue weighted by molar-refractivity contribution is 8.15. The van der Waals surface area contributed by atoms with Gasteiger partial charge in [-0.25, -0.2) is 13.4 Å². The molecule has 1 aromatic rings. The van der Waals surface area contributed by atoms with Gasteiger partial charge >= 0.3 is 0 Å². The Morgan fingerprint density at radius 3 is 2.31 bits per heavy atom. The molecule has 0 spiro atoms. The summed E-state index contributed by atoms with van der Waals surface area (Å²) in [6.07, 6.45) is 0. The van der Waals surface area contributed by atoms with Crippen LogP contribution in [0.1, 0.15) is 22.4 Å². The first kappa shape index (κ1) is 10.6. The van der Waals surface area contributed by atoms with Crippen LogP contribution in [0, 0.1) is 6.92 Å². The minimum Gasteiger partial charge on any atom is -0.292 e. The minimum atomic E-state index is -3.77. The van der Waals surface area contributed by atoms with Gasteiger partial charge < -0.3 is 0 Å². The van der Waals surface area contributed by atoms with Gasteiger partial charge in [0.15, 0.2) is 15.0 Å². The van der Waals surface area contributed by atoms with E-state index in [1.807, 2.05) is 0 Å². The van der Waals surface area contributed by atoms with Crippen LogP contribution in [0.5, 0.6) is 0 Å². The lowest BCUT2D eigenvalue weighted by Crippen LogP contribution is -1.89. The topological polar surface area (TPSA) is 64.1 Å². The lowest BCUT2D eigenvalue weighted by Gasteiger charge is -1.87. The Morgan fingerprint density at radius 1 is 1.54 bits per heavy atom. The van der Waals surface area contributed by atoms with Gasteiger partial charge in [0.1, 0.15) is 0 Å². The molecule has 0 fully saturated rings. The zero-order valence-electron chi connectivity index (χ0n) is 6.87. The maximum Gasteiger partial charge on any atom is 0.272 e. The normalized spacial score (nSPS) is 11.6. The van der Waals surface area contributed by atoms with Crippen molar-refractivity contribution in [3.63, 3.8) is 0 Å². The van der Waals surface area contributed by atoms with Crippen LogP contribution in [0.15, 0.2) is 4.21 Å². The summed E-state index contributed by atoms with van der Waals surface area (Å²) in [7, 11) is 1.34. The summed E-state index contributed by atoms with van der Waals surface area (Å²) >= 11 is 0.794.